The van der Waals surface area contributed by atoms with Crippen LogP contribution < -0.4 is 9.46 Å². The monoisotopic (exact) mass is 359 g/mol. The molecule has 0 aromatic heterocycles. The Labute approximate surface area is 137 Å². The van der Waals surface area contributed by atoms with E-state index < -0.39 is 25.9 Å². The van der Waals surface area contributed by atoms with E-state index in [1.807, 2.05) is 0 Å². The van der Waals surface area contributed by atoms with Crippen LogP contribution in [0.5, 0.6) is 5.75 Å². The fourth-order valence-electron chi connectivity index (χ4n) is 3.42. The van der Waals surface area contributed by atoms with Gasteiger partial charge in [-0.3, -0.25) is 0 Å². The molecule has 1 aromatic rings. The van der Waals surface area contributed by atoms with Crippen LogP contribution in [-0.4, -0.2) is 41.5 Å². The molecule has 0 spiro atoms. The molecule has 1 fully saturated rings. The van der Waals surface area contributed by atoms with Gasteiger partial charge in [-0.25, -0.2) is 21.6 Å². The van der Waals surface area contributed by atoms with E-state index in [0.717, 1.165) is 36.1 Å². The fourth-order valence-corrected chi connectivity index (χ4v) is 6.76. The maximum atomic E-state index is 12.7. The van der Waals surface area contributed by atoms with Crippen LogP contribution in [-0.2, 0) is 32.7 Å². The van der Waals surface area contributed by atoms with Gasteiger partial charge in [0.05, 0.1) is 23.5 Å². The summed E-state index contributed by atoms with van der Waals surface area (Å²) in [7, 11) is -5.27. The maximum Gasteiger partial charge on any atom is 0.241 e. The topological polar surface area (TPSA) is 89.5 Å². The van der Waals surface area contributed by atoms with Gasteiger partial charge in [-0.15, -0.1) is 0 Å². The van der Waals surface area contributed by atoms with Crippen LogP contribution in [0.25, 0.3) is 0 Å². The quantitative estimate of drug-likeness (QED) is 0.867. The Morgan fingerprint density at radius 3 is 2.48 bits per heavy atom. The average Bonchev–Trinajstić information content (AvgIpc) is 2.84. The van der Waals surface area contributed by atoms with Crippen LogP contribution in [0.1, 0.15) is 30.4 Å². The summed E-state index contributed by atoms with van der Waals surface area (Å²) in [5.74, 6) is 0.646. The van der Waals surface area contributed by atoms with Crippen molar-refractivity contribution in [3.8, 4) is 5.75 Å². The molecule has 3 rings (SSSR count). The van der Waals surface area contributed by atoms with Gasteiger partial charge in [-0.1, -0.05) is 0 Å². The molecular formula is C15H21NO5S2. The smallest absolute Gasteiger partial charge is 0.241 e. The highest BCUT2D eigenvalue weighted by atomic mass is 32.2. The Bertz CT molecular complexity index is 815. The molecule has 1 aromatic carbocycles. The molecule has 8 heteroatoms. The first-order valence-corrected chi connectivity index (χ1v) is 11.0. The van der Waals surface area contributed by atoms with Gasteiger partial charge in [0.15, 0.2) is 9.84 Å². The predicted octanol–water partition coefficient (Wildman–Crippen LogP) is 1.04. The first-order valence-electron chi connectivity index (χ1n) is 7.74. The Hall–Kier alpha value is -1.12. The second-order valence-corrected chi connectivity index (χ2v) is 10.1. The normalized spacial score (nSPS) is 23.4. The molecule has 0 amide bonds. The molecule has 1 heterocycles. The number of sulfone groups is 1. The third-order valence-electron chi connectivity index (χ3n) is 4.51. The summed E-state index contributed by atoms with van der Waals surface area (Å²) in [6.07, 6.45) is 3.80. The van der Waals surface area contributed by atoms with E-state index in [1.165, 1.54) is 0 Å². The predicted molar refractivity (Wildman–Crippen MR) is 87.0 cm³/mol. The van der Waals surface area contributed by atoms with Crippen LogP contribution in [0.2, 0.25) is 0 Å². The minimum Gasteiger partial charge on any atom is -0.496 e. The molecule has 23 heavy (non-hydrogen) atoms. The number of ether oxygens (including phenoxy) is 1. The van der Waals surface area contributed by atoms with Crippen molar-refractivity contribution >= 4 is 19.9 Å². The van der Waals surface area contributed by atoms with Crippen molar-refractivity contribution in [2.24, 2.45) is 0 Å². The zero-order valence-corrected chi connectivity index (χ0v) is 14.7. The van der Waals surface area contributed by atoms with E-state index in [-0.39, 0.29) is 16.4 Å². The van der Waals surface area contributed by atoms with Crippen molar-refractivity contribution in [2.75, 3.05) is 18.6 Å². The number of methoxy groups -OCH3 is 1. The van der Waals surface area contributed by atoms with Crippen molar-refractivity contribution in [1.29, 1.82) is 0 Å². The molecule has 6 nitrogen and oxygen atoms in total. The Morgan fingerprint density at radius 1 is 1.17 bits per heavy atom. The van der Waals surface area contributed by atoms with Gasteiger partial charge in [0, 0.05) is 6.04 Å². The van der Waals surface area contributed by atoms with Gasteiger partial charge < -0.3 is 4.74 Å². The lowest BCUT2D eigenvalue weighted by Crippen LogP contribution is -2.36. The minimum atomic E-state index is -3.73. The van der Waals surface area contributed by atoms with Crippen LogP contribution >= 0.6 is 0 Å². The fraction of sp³-hybridized carbons (Fsp3) is 0.600. The van der Waals surface area contributed by atoms with Crippen LogP contribution in [0.3, 0.4) is 0 Å². The van der Waals surface area contributed by atoms with Crippen molar-refractivity contribution in [3.63, 3.8) is 0 Å². The first-order chi connectivity index (χ1) is 10.8. The number of rotatable bonds is 4. The summed E-state index contributed by atoms with van der Waals surface area (Å²) in [6, 6.07) is 2.71. The van der Waals surface area contributed by atoms with Gasteiger partial charge in [0.25, 0.3) is 0 Å². The number of fused-ring (bicyclic) bond motifs is 1. The summed E-state index contributed by atoms with van der Waals surface area (Å²) in [5.41, 5.74) is 1.77. The average molecular weight is 359 g/mol. The zero-order chi connectivity index (χ0) is 16.7. The van der Waals surface area contributed by atoms with Crippen LogP contribution in [0.4, 0.5) is 0 Å². The molecule has 1 N–H and O–H groups in total. The first kappa shape index (κ1) is 16.7. The summed E-state index contributed by atoms with van der Waals surface area (Å²) < 4.78 is 56.4. The lowest BCUT2D eigenvalue weighted by atomic mass is 9.91. The minimum absolute atomic E-state index is 0.0426. The Balaban J connectivity index is 1.94. The maximum absolute atomic E-state index is 12.7. The van der Waals surface area contributed by atoms with Gasteiger partial charge in [0.2, 0.25) is 10.0 Å². The van der Waals surface area contributed by atoms with E-state index in [0.29, 0.717) is 12.8 Å². The van der Waals surface area contributed by atoms with Crippen LogP contribution in [0, 0.1) is 0 Å². The third-order valence-corrected chi connectivity index (χ3v) is 7.89. The van der Waals surface area contributed by atoms with Gasteiger partial charge in [0.1, 0.15) is 5.75 Å². The lowest BCUT2D eigenvalue weighted by Gasteiger charge is -2.22. The summed E-state index contributed by atoms with van der Waals surface area (Å²) in [4.78, 5) is 0.261. The van der Waals surface area contributed by atoms with E-state index in [9.17, 15) is 16.8 Å². The van der Waals surface area contributed by atoms with Crippen molar-refractivity contribution in [3.05, 3.63) is 23.3 Å². The highest BCUT2D eigenvalue weighted by Crippen LogP contribution is 2.34. The molecule has 2 aliphatic rings. The summed E-state index contributed by atoms with van der Waals surface area (Å²) >= 11 is 0. The molecule has 0 radical (unpaired) electrons. The molecule has 0 bridgehead atoms. The Morgan fingerprint density at radius 2 is 1.87 bits per heavy atom. The summed E-state index contributed by atoms with van der Waals surface area (Å²) in [5, 5.41) is 0. The molecule has 1 aliphatic carbocycles. The van der Waals surface area contributed by atoms with E-state index >= 15 is 0 Å². The highest BCUT2D eigenvalue weighted by Gasteiger charge is 2.33. The lowest BCUT2D eigenvalue weighted by molar-refractivity contribution is 0.405. The van der Waals surface area contributed by atoms with Crippen molar-refractivity contribution in [2.45, 2.75) is 43.0 Å². The zero-order valence-electron chi connectivity index (χ0n) is 13.0. The number of sulfonamides is 1. The second-order valence-electron chi connectivity index (χ2n) is 6.15. The van der Waals surface area contributed by atoms with E-state index in [2.05, 4.69) is 4.72 Å². The van der Waals surface area contributed by atoms with Gasteiger partial charge in [-0.2, -0.15) is 0 Å². The molecule has 1 unspecified atom stereocenters. The van der Waals surface area contributed by atoms with Gasteiger partial charge in [-0.05, 0) is 55.4 Å². The molecule has 1 saturated heterocycles. The molecular weight excluding hydrogens is 338 g/mol. The van der Waals surface area contributed by atoms with E-state index in [4.69, 9.17) is 4.74 Å². The molecule has 1 aliphatic heterocycles. The number of nitrogens with one attached hydrogen (secondary N) is 1. The SMILES string of the molecule is COc1ccc(S(=O)(=O)NC2CCS(=O)(=O)C2)c2c1CCCC2. The number of hydrogen-bond acceptors (Lipinski definition) is 5. The Kier molecular flexibility index (Phi) is 4.41. The molecule has 1 atom stereocenters. The van der Waals surface area contributed by atoms with Crippen LogP contribution in [0.15, 0.2) is 17.0 Å². The third kappa shape index (κ3) is 3.39. The standard InChI is InChI=1S/C15H21NO5S2/c1-21-14-6-7-15(13-5-3-2-4-12(13)14)23(19,20)16-11-8-9-22(17,18)10-11/h6-7,11,16H,2-5,8-10H2,1H3. The van der Waals surface area contributed by atoms with Gasteiger partial charge >= 0.3 is 0 Å². The number of benzene rings is 1. The molecule has 128 valence electrons. The highest BCUT2D eigenvalue weighted by molar-refractivity contribution is 7.92. The number of hydrogen-bond donors (Lipinski definition) is 1. The molecule has 0 saturated carbocycles. The largest absolute Gasteiger partial charge is 0.496 e. The van der Waals surface area contributed by atoms with E-state index in [1.54, 1.807) is 19.2 Å². The van der Waals surface area contributed by atoms with Crippen molar-refractivity contribution in [1.82, 2.24) is 4.72 Å². The summed E-state index contributed by atoms with van der Waals surface area (Å²) in [6.45, 7) is 0. The van der Waals surface area contributed by atoms with Crippen molar-refractivity contribution < 1.29 is 21.6 Å². The second kappa shape index (κ2) is 6.07.